The van der Waals surface area contributed by atoms with Crippen LogP contribution in [0.1, 0.15) is 34.3 Å². The van der Waals surface area contributed by atoms with Crippen LogP contribution in [-0.2, 0) is 4.79 Å². The van der Waals surface area contributed by atoms with Gasteiger partial charge in [-0.15, -0.1) is 0 Å². The van der Waals surface area contributed by atoms with Crippen LogP contribution in [0.2, 0.25) is 10.0 Å². The number of nitrogens with zero attached hydrogens (tertiary/aromatic N) is 1. The van der Waals surface area contributed by atoms with Crippen LogP contribution in [0, 0.1) is 11.7 Å². The highest BCUT2D eigenvalue weighted by atomic mass is 79.9. The second-order valence-corrected chi connectivity index (χ2v) is 10.5. The maximum Gasteiger partial charge on any atom is 0.251 e. The van der Waals surface area contributed by atoms with Crippen molar-refractivity contribution in [2.24, 2.45) is 5.92 Å². The summed E-state index contributed by atoms with van der Waals surface area (Å²) in [5, 5.41) is 3.76. The fraction of sp³-hybridized carbons (Fsp3) is 0.214. The molecule has 8 heteroatoms. The average Bonchev–Trinajstić information content (AvgIpc) is 2.86. The van der Waals surface area contributed by atoms with E-state index in [0.717, 1.165) is 22.9 Å². The Balaban J connectivity index is 1.39. The smallest absolute Gasteiger partial charge is 0.251 e. The number of likely N-dealkylation sites (tertiary alicyclic amines) is 1. The van der Waals surface area contributed by atoms with E-state index in [1.54, 1.807) is 41.3 Å². The molecule has 1 heterocycles. The average molecular weight is 590 g/mol. The van der Waals surface area contributed by atoms with Crippen molar-refractivity contribution < 1.29 is 14.0 Å². The molecule has 0 atom stereocenters. The summed E-state index contributed by atoms with van der Waals surface area (Å²) in [6.07, 6.45) is 3.12. The first-order valence-corrected chi connectivity index (χ1v) is 13.1. The predicted octanol–water partition coefficient (Wildman–Crippen LogP) is 7.00. The Labute approximate surface area is 228 Å². The molecule has 3 aromatic carbocycles. The molecule has 0 saturated carbocycles. The Hall–Kier alpha value is -2.67. The van der Waals surface area contributed by atoms with Crippen molar-refractivity contribution in [1.82, 2.24) is 10.2 Å². The van der Waals surface area contributed by atoms with Gasteiger partial charge in [0.15, 0.2) is 0 Å². The standard InChI is InChI=1S/C28H24BrCl2FN2O2/c29-22-6-4-19(5-7-22)26(20-2-1-3-25(32)14-20)16-27(35)34-10-8-18(9-11-34)17-33-28(36)21-12-23(30)15-24(31)13-21/h1-7,12-16,18H,8-11,17H2,(H,33,36)/b26-16-. The number of piperidine rings is 1. The van der Waals surface area contributed by atoms with Gasteiger partial charge in [0, 0.05) is 45.8 Å². The molecule has 0 aliphatic carbocycles. The molecule has 1 N–H and O–H groups in total. The fourth-order valence-electron chi connectivity index (χ4n) is 4.22. The van der Waals surface area contributed by atoms with Gasteiger partial charge in [-0.05, 0) is 77.9 Å². The zero-order valence-corrected chi connectivity index (χ0v) is 22.4. The van der Waals surface area contributed by atoms with Crippen LogP contribution in [0.5, 0.6) is 0 Å². The zero-order valence-electron chi connectivity index (χ0n) is 19.3. The Morgan fingerprint density at radius 2 is 1.61 bits per heavy atom. The van der Waals surface area contributed by atoms with E-state index >= 15 is 0 Å². The van der Waals surface area contributed by atoms with E-state index in [9.17, 15) is 14.0 Å². The van der Waals surface area contributed by atoms with Gasteiger partial charge in [0.1, 0.15) is 5.82 Å². The molecule has 0 unspecified atom stereocenters. The Morgan fingerprint density at radius 3 is 2.25 bits per heavy atom. The molecule has 2 amide bonds. The van der Waals surface area contributed by atoms with E-state index in [1.807, 2.05) is 24.3 Å². The second kappa shape index (κ2) is 12.0. The molecule has 0 spiro atoms. The number of benzene rings is 3. The molecule has 0 aromatic heterocycles. The van der Waals surface area contributed by atoms with Gasteiger partial charge in [0.25, 0.3) is 5.91 Å². The van der Waals surface area contributed by atoms with E-state index < -0.39 is 0 Å². The third kappa shape index (κ3) is 6.96. The van der Waals surface area contributed by atoms with Crippen LogP contribution in [0.3, 0.4) is 0 Å². The van der Waals surface area contributed by atoms with E-state index in [0.29, 0.717) is 46.4 Å². The molecule has 186 valence electrons. The number of hydrogen-bond donors (Lipinski definition) is 1. The summed E-state index contributed by atoms with van der Waals surface area (Å²) in [5.74, 6) is -0.444. The van der Waals surface area contributed by atoms with Crippen molar-refractivity contribution in [3.63, 3.8) is 0 Å². The molecule has 36 heavy (non-hydrogen) atoms. The van der Waals surface area contributed by atoms with Crippen molar-refractivity contribution in [3.05, 3.63) is 110 Å². The number of halogens is 4. The monoisotopic (exact) mass is 588 g/mol. The Kier molecular flexibility index (Phi) is 8.83. The minimum absolute atomic E-state index is 0.117. The van der Waals surface area contributed by atoms with Crippen molar-refractivity contribution in [3.8, 4) is 0 Å². The van der Waals surface area contributed by atoms with E-state index in [-0.39, 0.29) is 23.5 Å². The van der Waals surface area contributed by atoms with Gasteiger partial charge in [-0.1, -0.05) is 63.4 Å². The largest absolute Gasteiger partial charge is 0.352 e. The maximum atomic E-state index is 13.9. The number of rotatable bonds is 6. The number of nitrogens with one attached hydrogen (secondary N) is 1. The van der Waals surface area contributed by atoms with Crippen LogP contribution in [-0.4, -0.2) is 36.3 Å². The first-order valence-electron chi connectivity index (χ1n) is 11.6. The summed E-state index contributed by atoms with van der Waals surface area (Å²) in [5.41, 5.74) is 2.56. The van der Waals surface area contributed by atoms with Crippen molar-refractivity contribution in [1.29, 1.82) is 0 Å². The molecule has 1 aliphatic heterocycles. The van der Waals surface area contributed by atoms with Gasteiger partial charge >= 0.3 is 0 Å². The summed E-state index contributed by atoms with van der Waals surface area (Å²) in [7, 11) is 0. The van der Waals surface area contributed by atoms with Gasteiger partial charge in [-0.3, -0.25) is 9.59 Å². The lowest BCUT2D eigenvalue weighted by Gasteiger charge is -2.31. The lowest BCUT2D eigenvalue weighted by Crippen LogP contribution is -2.41. The highest BCUT2D eigenvalue weighted by Crippen LogP contribution is 2.27. The fourth-order valence-corrected chi connectivity index (χ4v) is 5.01. The molecular formula is C28H24BrCl2FN2O2. The van der Waals surface area contributed by atoms with E-state index in [1.165, 1.54) is 12.1 Å². The molecule has 0 radical (unpaired) electrons. The topological polar surface area (TPSA) is 49.4 Å². The molecular weight excluding hydrogens is 566 g/mol. The Bertz CT molecular complexity index is 1270. The molecule has 4 nitrogen and oxygen atoms in total. The van der Waals surface area contributed by atoms with Crippen molar-refractivity contribution in [2.75, 3.05) is 19.6 Å². The quantitative estimate of drug-likeness (QED) is 0.315. The highest BCUT2D eigenvalue weighted by Gasteiger charge is 2.23. The lowest BCUT2D eigenvalue weighted by atomic mass is 9.95. The Morgan fingerprint density at radius 1 is 0.944 bits per heavy atom. The van der Waals surface area contributed by atoms with Crippen LogP contribution in [0.4, 0.5) is 4.39 Å². The normalized spacial score (nSPS) is 14.6. The number of amides is 2. The molecule has 1 fully saturated rings. The van der Waals surface area contributed by atoms with E-state index in [4.69, 9.17) is 23.2 Å². The van der Waals surface area contributed by atoms with Crippen molar-refractivity contribution >= 4 is 56.5 Å². The summed E-state index contributed by atoms with van der Waals surface area (Å²) in [4.78, 5) is 27.4. The van der Waals surface area contributed by atoms with Crippen LogP contribution in [0.25, 0.3) is 5.57 Å². The molecule has 1 aliphatic rings. The summed E-state index contributed by atoms with van der Waals surface area (Å²) < 4.78 is 14.9. The third-order valence-electron chi connectivity index (χ3n) is 6.16. The number of carbonyl (C=O) groups is 2. The highest BCUT2D eigenvalue weighted by molar-refractivity contribution is 9.10. The minimum atomic E-state index is -0.356. The van der Waals surface area contributed by atoms with Crippen molar-refractivity contribution in [2.45, 2.75) is 12.8 Å². The second-order valence-electron chi connectivity index (χ2n) is 8.71. The molecule has 4 rings (SSSR count). The molecule has 1 saturated heterocycles. The first-order chi connectivity index (χ1) is 17.3. The number of carbonyl (C=O) groups excluding carboxylic acids is 2. The lowest BCUT2D eigenvalue weighted by molar-refractivity contribution is -0.127. The molecule has 0 bridgehead atoms. The molecule has 3 aromatic rings. The first kappa shape index (κ1) is 26.4. The van der Waals surface area contributed by atoms with Crippen LogP contribution >= 0.6 is 39.1 Å². The third-order valence-corrected chi connectivity index (χ3v) is 7.13. The van der Waals surface area contributed by atoms with Gasteiger partial charge in [0.2, 0.25) is 5.91 Å². The van der Waals surface area contributed by atoms with Gasteiger partial charge in [-0.25, -0.2) is 4.39 Å². The zero-order chi connectivity index (χ0) is 25.7. The van der Waals surface area contributed by atoms with Gasteiger partial charge in [0.05, 0.1) is 0 Å². The van der Waals surface area contributed by atoms with E-state index in [2.05, 4.69) is 21.2 Å². The van der Waals surface area contributed by atoms with Crippen LogP contribution in [0.15, 0.2) is 77.3 Å². The summed E-state index contributed by atoms with van der Waals surface area (Å²) in [6, 6.07) is 18.6. The van der Waals surface area contributed by atoms with Gasteiger partial charge in [-0.2, -0.15) is 0 Å². The SMILES string of the molecule is O=C(NCC1CCN(C(=O)/C=C(/c2ccc(Br)cc2)c2cccc(F)c2)CC1)c1cc(Cl)cc(Cl)c1. The maximum absolute atomic E-state index is 13.9. The van der Waals surface area contributed by atoms with Gasteiger partial charge < -0.3 is 10.2 Å². The summed E-state index contributed by atoms with van der Waals surface area (Å²) >= 11 is 15.4. The summed E-state index contributed by atoms with van der Waals surface area (Å²) in [6.45, 7) is 1.67. The van der Waals surface area contributed by atoms with Crippen LogP contribution < -0.4 is 5.32 Å². The predicted molar refractivity (Wildman–Crippen MR) is 146 cm³/mol. The number of hydrogen-bond acceptors (Lipinski definition) is 2. The minimum Gasteiger partial charge on any atom is -0.352 e.